The molecule has 8 nitrogen and oxygen atoms in total. The van der Waals surface area contributed by atoms with Crippen molar-refractivity contribution >= 4 is 54.4 Å². The van der Waals surface area contributed by atoms with Crippen molar-refractivity contribution in [3.63, 3.8) is 0 Å². The minimum absolute atomic E-state index is 0.0180. The van der Waals surface area contributed by atoms with Gasteiger partial charge in [-0.15, -0.1) is 22.7 Å². The second kappa shape index (κ2) is 16.2. The molecule has 4 aromatic rings. The predicted octanol–water partition coefficient (Wildman–Crippen LogP) is 2.45. The molecule has 12 heteroatoms. The van der Waals surface area contributed by atoms with Crippen LogP contribution in [0.15, 0.2) is 89.6 Å². The van der Waals surface area contributed by atoms with Crippen LogP contribution in [-0.2, 0) is 22.4 Å². The summed E-state index contributed by atoms with van der Waals surface area (Å²) in [5, 5.41) is 52.6. The third kappa shape index (κ3) is 10.5. The molecule has 4 rings (SSSR count). The Morgan fingerprint density at radius 1 is 0.659 bits per heavy atom. The Kier molecular flexibility index (Phi) is 12.7. The molecule has 0 saturated heterocycles. The van der Waals surface area contributed by atoms with Gasteiger partial charge in [-0.2, -0.15) is 0 Å². The Bertz CT molecular complexity index is 1380. The van der Waals surface area contributed by atoms with Crippen LogP contribution in [0.5, 0.6) is 0 Å². The van der Waals surface area contributed by atoms with Gasteiger partial charge in [0.1, 0.15) is 11.6 Å². The van der Waals surface area contributed by atoms with Gasteiger partial charge in [0, 0.05) is 47.1 Å². The van der Waals surface area contributed by atoms with Gasteiger partial charge in [0.15, 0.2) is 0 Å². The van der Waals surface area contributed by atoms with Crippen molar-refractivity contribution in [3.05, 3.63) is 116 Å². The number of hydrogen-bond donors (Lipinski definition) is 4. The maximum atomic E-state index is 12.1. The van der Waals surface area contributed by atoms with Crippen molar-refractivity contribution < 1.29 is 39.6 Å². The van der Waals surface area contributed by atoms with Gasteiger partial charge in [0.05, 0.1) is 5.97 Å². The number of hydrogen-bond acceptors (Lipinski definition) is 10. The van der Waals surface area contributed by atoms with Crippen molar-refractivity contribution in [3.8, 4) is 0 Å². The lowest BCUT2D eigenvalue weighted by Gasteiger charge is -2.16. The van der Waals surface area contributed by atoms with E-state index in [1.807, 2.05) is 65.4 Å². The molecule has 0 aliphatic carbocycles. The van der Waals surface area contributed by atoms with Gasteiger partial charge in [0.25, 0.3) is 0 Å². The normalized spacial score (nSPS) is 12.0. The first-order valence-corrected chi connectivity index (χ1v) is 14.6. The highest BCUT2D eigenvalue weighted by atomic mass is 32.1. The van der Waals surface area contributed by atoms with Gasteiger partial charge in [-0.3, -0.25) is 9.59 Å². The molecular weight excluding hydrogens is 562 g/mol. The Hall–Kier alpha value is -3.38. The van der Waals surface area contributed by atoms with Crippen molar-refractivity contribution in [2.75, 3.05) is 0 Å². The third-order valence-electron chi connectivity index (χ3n) is 6.30. The van der Waals surface area contributed by atoms with Crippen LogP contribution >= 0.6 is 22.7 Å². The molecule has 2 aromatic heterocycles. The number of benzene rings is 2. The highest BCUT2D eigenvalue weighted by Gasteiger charge is 2.29. The first-order chi connectivity index (χ1) is 19.6. The number of carbonyl (C=O) groups is 3. The van der Waals surface area contributed by atoms with Crippen LogP contribution in [0, 0.1) is 0 Å². The summed E-state index contributed by atoms with van der Waals surface area (Å²) >= 11 is 2.99. The molecular formula is C29H29B2O8S2-. The third-order valence-corrected chi connectivity index (χ3v) is 8.05. The summed E-state index contributed by atoms with van der Waals surface area (Å²) in [7, 11) is -3.26. The standard InChI is InChI=1S/C15H15BO5S.C14H15BO3S/c17-12(8-13-5-2-6-22-13)9-14(16(20)21)10-3-1-4-11(7-10)15(18)19;16-12(9-13-7-4-8-19-13)10-14(15(17)18)11-5-2-1-3-6-11/h1-7,14,20-21H,8-9H2,(H,18,19);1-8,14,17-18H,9-10H2/p-1. The number of rotatable bonds is 13. The van der Waals surface area contributed by atoms with Crippen LogP contribution in [-0.4, -0.2) is 51.9 Å². The van der Waals surface area contributed by atoms with E-state index in [4.69, 9.17) is 0 Å². The SMILES string of the molecule is O=C(Cc1cccs1)CC(B(O)O)c1cccc(C(=O)[O-])c1.O=C(Cc1cccs1)CC(B(O)O)c1ccccc1. The number of Topliss-reactive ketones (excluding diaryl/α,β-unsaturated/α-hetero) is 2. The Morgan fingerprint density at radius 2 is 1.15 bits per heavy atom. The molecule has 41 heavy (non-hydrogen) atoms. The van der Waals surface area contributed by atoms with Gasteiger partial charge in [0.2, 0.25) is 0 Å². The minimum Gasteiger partial charge on any atom is -0.545 e. The molecule has 0 bridgehead atoms. The molecule has 0 saturated carbocycles. The molecule has 212 valence electrons. The van der Waals surface area contributed by atoms with E-state index in [9.17, 15) is 39.6 Å². The second-order valence-electron chi connectivity index (χ2n) is 9.36. The van der Waals surface area contributed by atoms with Crippen molar-refractivity contribution in [1.82, 2.24) is 0 Å². The van der Waals surface area contributed by atoms with Crippen LogP contribution in [0.4, 0.5) is 0 Å². The zero-order chi connectivity index (χ0) is 29.8. The molecule has 0 fully saturated rings. The van der Waals surface area contributed by atoms with Gasteiger partial charge < -0.3 is 30.0 Å². The van der Waals surface area contributed by atoms with Gasteiger partial charge in [-0.05, 0) is 39.6 Å². The quantitative estimate of drug-likeness (QED) is 0.173. The fraction of sp³-hybridized carbons (Fsp3) is 0.207. The number of thiophene rings is 2. The smallest absolute Gasteiger partial charge is 0.459 e. The summed E-state index contributed by atoms with van der Waals surface area (Å²) in [5.41, 5.74) is 1.10. The lowest BCUT2D eigenvalue weighted by atomic mass is 9.66. The summed E-state index contributed by atoms with van der Waals surface area (Å²) in [4.78, 5) is 36.8. The van der Waals surface area contributed by atoms with Crippen molar-refractivity contribution in [2.45, 2.75) is 37.3 Å². The Labute approximate surface area is 246 Å². The maximum Gasteiger partial charge on any atom is 0.459 e. The summed E-state index contributed by atoms with van der Waals surface area (Å²) in [5.74, 6) is -2.90. The molecule has 2 heterocycles. The van der Waals surface area contributed by atoms with E-state index in [0.29, 0.717) is 12.0 Å². The van der Waals surface area contributed by atoms with Crippen LogP contribution < -0.4 is 5.11 Å². The molecule has 2 aromatic carbocycles. The zero-order valence-corrected chi connectivity index (χ0v) is 23.7. The van der Waals surface area contributed by atoms with Gasteiger partial charge in [-0.25, -0.2) is 0 Å². The summed E-state index contributed by atoms with van der Waals surface area (Å²) in [6, 6.07) is 22.3. The number of ketones is 2. The molecule has 0 radical (unpaired) electrons. The highest BCUT2D eigenvalue weighted by Crippen LogP contribution is 2.24. The Morgan fingerprint density at radius 3 is 1.59 bits per heavy atom. The average Bonchev–Trinajstić information content (AvgIpc) is 3.65. The Balaban J connectivity index is 0.000000228. The molecule has 2 atom stereocenters. The van der Waals surface area contributed by atoms with Crippen LogP contribution in [0.3, 0.4) is 0 Å². The van der Waals surface area contributed by atoms with E-state index < -0.39 is 31.8 Å². The molecule has 0 amide bonds. The van der Waals surface area contributed by atoms with Crippen LogP contribution in [0.25, 0.3) is 0 Å². The van der Waals surface area contributed by atoms with E-state index >= 15 is 0 Å². The molecule has 0 aliphatic rings. The van der Waals surface area contributed by atoms with E-state index in [-0.39, 0.29) is 36.4 Å². The fourth-order valence-electron chi connectivity index (χ4n) is 4.24. The summed E-state index contributed by atoms with van der Waals surface area (Å²) in [6.07, 6.45) is 0.639. The highest BCUT2D eigenvalue weighted by molar-refractivity contribution is 7.10. The first-order valence-electron chi connectivity index (χ1n) is 12.8. The van der Waals surface area contributed by atoms with E-state index in [1.54, 1.807) is 6.07 Å². The number of carboxylic acid groups (broad SMARTS) is 1. The number of aromatic carboxylic acids is 1. The largest absolute Gasteiger partial charge is 0.545 e. The summed E-state index contributed by atoms with van der Waals surface area (Å²) in [6.45, 7) is 0. The topological polar surface area (TPSA) is 155 Å². The zero-order valence-electron chi connectivity index (χ0n) is 22.0. The molecule has 0 aliphatic heterocycles. The minimum atomic E-state index is -1.75. The number of carbonyl (C=O) groups excluding carboxylic acids is 3. The van der Waals surface area contributed by atoms with Gasteiger partial charge >= 0.3 is 14.2 Å². The van der Waals surface area contributed by atoms with Gasteiger partial charge in [-0.1, -0.05) is 66.7 Å². The van der Waals surface area contributed by atoms with E-state index in [0.717, 1.165) is 15.3 Å². The van der Waals surface area contributed by atoms with Crippen molar-refractivity contribution in [1.29, 1.82) is 0 Å². The van der Waals surface area contributed by atoms with Crippen molar-refractivity contribution in [2.24, 2.45) is 0 Å². The fourth-order valence-corrected chi connectivity index (χ4v) is 5.70. The maximum absolute atomic E-state index is 12.1. The number of carboxylic acids is 1. The van der Waals surface area contributed by atoms with E-state index in [1.165, 1.54) is 40.9 Å². The first kappa shape index (κ1) is 32.1. The lowest BCUT2D eigenvalue weighted by Crippen LogP contribution is -2.27. The predicted molar refractivity (Wildman–Crippen MR) is 158 cm³/mol. The average molecular weight is 591 g/mol. The second-order valence-corrected chi connectivity index (χ2v) is 11.4. The molecule has 2 unspecified atom stereocenters. The molecule has 4 N–H and O–H groups in total. The monoisotopic (exact) mass is 591 g/mol. The van der Waals surface area contributed by atoms with Crippen LogP contribution in [0.1, 0.15) is 55.7 Å². The van der Waals surface area contributed by atoms with E-state index in [2.05, 4.69) is 0 Å². The molecule has 0 spiro atoms. The lowest BCUT2D eigenvalue weighted by molar-refractivity contribution is -0.255. The van der Waals surface area contributed by atoms with Crippen LogP contribution in [0.2, 0.25) is 0 Å². The summed E-state index contributed by atoms with van der Waals surface area (Å²) < 4.78 is 0.